The molecule has 1 atom stereocenters. The number of amides is 3. The minimum Gasteiger partial charge on any atom is -0.493 e. The fraction of sp³-hybridized carbons (Fsp3) is 0.226. The highest BCUT2D eigenvalue weighted by Gasteiger charge is 2.32. The van der Waals surface area contributed by atoms with Gasteiger partial charge < -0.3 is 29.6 Å². The predicted molar refractivity (Wildman–Crippen MR) is 165 cm³/mol. The molecule has 1 heterocycles. The van der Waals surface area contributed by atoms with Gasteiger partial charge in [0, 0.05) is 11.3 Å². The Hall–Kier alpha value is -4.81. The van der Waals surface area contributed by atoms with Crippen molar-refractivity contribution < 1.29 is 37.7 Å². The molecule has 3 amide bonds. The number of nitrogens with zero attached hydrogens (tertiary/aromatic N) is 1. The van der Waals surface area contributed by atoms with Crippen LogP contribution in [0.4, 0.5) is 9.18 Å². The number of ether oxygens (including phenoxy) is 4. The number of benzene rings is 3. The molecule has 3 N–H and O–H groups in total. The van der Waals surface area contributed by atoms with Crippen molar-refractivity contribution in [1.82, 2.24) is 16.1 Å². The van der Waals surface area contributed by atoms with Crippen molar-refractivity contribution in [2.75, 3.05) is 20.3 Å². The highest BCUT2D eigenvalue weighted by atomic mass is 35.5. The number of carbonyl (C=O) groups is 3. The quantitative estimate of drug-likeness (QED) is 0.134. The molecule has 14 heteroatoms. The average molecular weight is 659 g/mol. The fourth-order valence-electron chi connectivity index (χ4n) is 4.32. The molecule has 0 unspecified atom stereocenters. The number of urea groups is 1. The van der Waals surface area contributed by atoms with E-state index in [-0.39, 0.29) is 46.1 Å². The van der Waals surface area contributed by atoms with Crippen molar-refractivity contribution in [1.29, 1.82) is 0 Å². The lowest BCUT2D eigenvalue weighted by Gasteiger charge is -2.28. The van der Waals surface area contributed by atoms with E-state index in [0.717, 1.165) is 0 Å². The van der Waals surface area contributed by atoms with E-state index < -0.39 is 36.4 Å². The molecule has 0 saturated heterocycles. The van der Waals surface area contributed by atoms with E-state index >= 15 is 0 Å². The Bertz CT molecular complexity index is 1640. The van der Waals surface area contributed by atoms with Crippen molar-refractivity contribution in [3.8, 4) is 17.2 Å². The van der Waals surface area contributed by atoms with E-state index in [1.807, 2.05) is 0 Å². The van der Waals surface area contributed by atoms with Crippen LogP contribution in [0.1, 0.15) is 36.6 Å². The van der Waals surface area contributed by atoms with E-state index in [0.29, 0.717) is 22.4 Å². The van der Waals surface area contributed by atoms with Gasteiger partial charge >= 0.3 is 12.0 Å². The molecule has 1 aliphatic heterocycles. The van der Waals surface area contributed by atoms with Gasteiger partial charge in [-0.25, -0.2) is 19.4 Å². The van der Waals surface area contributed by atoms with Crippen molar-refractivity contribution in [2.45, 2.75) is 26.5 Å². The number of allylic oxidation sites excluding steroid dienone is 1. The summed E-state index contributed by atoms with van der Waals surface area (Å²) < 4.78 is 35.7. The highest BCUT2D eigenvalue weighted by Crippen LogP contribution is 2.36. The first-order valence-electron chi connectivity index (χ1n) is 13.5. The molecule has 0 bridgehead atoms. The molecule has 0 aliphatic carbocycles. The molecule has 1 aliphatic rings. The van der Waals surface area contributed by atoms with Gasteiger partial charge in [0.15, 0.2) is 23.9 Å². The summed E-state index contributed by atoms with van der Waals surface area (Å²) in [5, 5.41) is 9.54. The molecular formula is C31H29Cl2FN4O7. The molecular weight excluding hydrogens is 630 g/mol. The van der Waals surface area contributed by atoms with Gasteiger partial charge in [-0.1, -0.05) is 47.5 Å². The van der Waals surface area contributed by atoms with Gasteiger partial charge in [0.05, 0.1) is 41.6 Å². The minimum absolute atomic E-state index is 0.0664. The SMILES string of the molecule is CCOC(=O)C1=C(C)NC(=O)N[C@H]1c1ccc(OCC(=O)N/N=C\c2cc(Cl)c(OCc3ccccc3F)c(Cl)c2)c(OC)c1. The molecule has 3 aromatic rings. The van der Waals surface area contributed by atoms with Gasteiger partial charge in [-0.3, -0.25) is 4.79 Å². The van der Waals surface area contributed by atoms with Gasteiger partial charge in [0.25, 0.3) is 5.91 Å². The molecule has 3 aromatic carbocycles. The third kappa shape index (κ3) is 8.43. The van der Waals surface area contributed by atoms with Crippen LogP contribution >= 0.6 is 23.2 Å². The zero-order valence-corrected chi connectivity index (χ0v) is 25.9. The van der Waals surface area contributed by atoms with E-state index in [2.05, 4.69) is 21.2 Å². The maximum Gasteiger partial charge on any atom is 0.338 e. The summed E-state index contributed by atoms with van der Waals surface area (Å²) in [5.41, 5.74) is 4.31. The van der Waals surface area contributed by atoms with Crippen LogP contribution in [0.5, 0.6) is 17.2 Å². The molecule has 0 aromatic heterocycles. The van der Waals surface area contributed by atoms with Crippen molar-refractivity contribution in [3.05, 3.63) is 98.4 Å². The van der Waals surface area contributed by atoms with Gasteiger partial charge in [0.2, 0.25) is 0 Å². The zero-order valence-electron chi connectivity index (χ0n) is 24.4. The maximum absolute atomic E-state index is 13.9. The normalized spacial score (nSPS) is 14.4. The fourth-order valence-corrected chi connectivity index (χ4v) is 4.93. The van der Waals surface area contributed by atoms with Crippen LogP contribution in [-0.2, 0) is 20.9 Å². The third-order valence-electron chi connectivity index (χ3n) is 6.40. The van der Waals surface area contributed by atoms with Gasteiger partial charge in [-0.05, 0) is 55.3 Å². The molecule has 4 rings (SSSR count). The highest BCUT2D eigenvalue weighted by molar-refractivity contribution is 6.37. The predicted octanol–water partition coefficient (Wildman–Crippen LogP) is 5.44. The summed E-state index contributed by atoms with van der Waals surface area (Å²) in [5.74, 6) is -0.872. The number of hydrogen-bond acceptors (Lipinski definition) is 8. The van der Waals surface area contributed by atoms with Crippen LogP contribution in [-0.4, -0.2) is 44.4 Å². The summed E-state index contributed by atoms with van der Waals surface area (Å²) >= 11 is 12.6. The first-order chi connectivity index (χ1) is 21.6. The Kier molecular flexibility index (Phi) is 11.2. The van der Waals surface area contributed by atoms with Gasteiger partial charge in [0.1, 0.15) is 12.4 Å². The Balaban J connectivity index is 1.36. The Morgan fingerprint density at radius 3 is 2.49 bits per heavy atom. The van der Waals surface area contributed by atoms with Gasteiger partial charge in [-0.15, -0.1) is 0 Å². The Morgan fingerprint density at radius 2 is 1.80 bits per heavy atom. The molecule has 0 spiro atoms. The lowest BCUT2D eigenvalue weighted by atomic mass is 9.95. The smallest absolute Gasteiger partial charge is 0.338 e. The maximum atomic E-state index is 13.9. The first-order valence-corrected chi connectivity index (χ1v) is 14.3. The summed E-state index contributed by atoms with van der Waals surface area (Å²) in [6.45, 7) is 2.99. The molecule has 0 radical (unpaired) electrons. The number of rotatable bonds is 12. The van der Waals surface area contributed by atoms with Crippen molar-refractivity contribution in [3.63, 3.8) is 0 Å². The zero-order chi connectivity index (χ0) is 32.5. The first kappa shape index (κ1) is 33.1. The van der Waals surface area contributed by atoms with Crippen LogP contribution in [0.2, 0.25) is 10.0 Å². The summed E-state index contributed by atoms with van der Waals surface area (Å²) in [4.78, 5) is 37.1. The largest absolute Gasteiger partial charge is 0.493 e. The number of esters is 1. The van der Waals surface area contributed by atoms with E-state index in [4.69, 9.17) is 42.1 Å². The number of halogens is 3. The van der Waals surface area contributed by atoms with E-state index in [1.54, 1.807) is 50.2 Å². The molecule has 0 saturated carbocycles. The number of hydrazone groups is 1. The number of methoxy groups -OCH3 is 1. The van der Waals surface area contributed by atoms with Crippen LogP contribution < -0.4 is 30.3 Å². The average Bonchev–Trinajstić information content (AvgIpc) is 3.00. The van der Waals surface area contributed by atoms with Crippen molar-refractivity contribution >= 4 is 47.3 Å². The van der Waals surface area contributed by atoms with Crippen LogP contribution in [0, 0.1) is 5.82 Å². The number of hydrogen-bond donors (Lipinski definition) is 3. The number of carbonyl (C=O) groups excluding carboxylic acids is 3. The second-order valence-electron chi connectivity index (χ2n) is 9.48. The minimum atomic E-state index is -0.798. The summed E-state index contributed by atoms with van der Waals surface area (Å²) in [7, 11) is 1.41. The molecule has 0 fully saturated rings. The number of nitrogens with one attached hydrogen (secondary N) is 3. The molecule has 11 nitrogen and oxygen atoms in total. The topological polar surface area (TPSA) is 137 Å². The molecule has 45 heavy (non-hydrogen) atoms. The summed E-state index contributed by atoms with van der Waals surface area (Å²) in [6, 6.07) is 12.7. The summed E-state index contributed by atoms with van der Waals surface area (Å²) in [6.07, 6.45) is 1.33. The van der Waals surface area contributed by atoms with E-state index in [9.17, 15) is 18.8 Å². The second kappa shape index (κ2) is 15.3. The van der Waals surface area contributed by atoms with Crippen LogP contribution in [0.15, 0.2) is 71.0 Å². The Morgan fingerprint density at radius 1 is 1.07 bits per heavy atom. The Labute approximate surface area is 268 Å². The standard InChI is InChI=1S/C31H29Cl2FN4O7/c1-4-43-30(40)27-17(2)36-31(41)37-28(27)19-9-10-24(25(13-19)42-3)44-16-26(39)38-35-14-18-11-21(32)29(22(33)12-18)45-15-20-7-5-6-8-23(20)34/h5-14,28H,4,15-16H2,1-3H3,(H,38,39)(H2,36,37,41)/b35-14-/t28-/m0/s1. The van der Waals surface area contributed by atoms with Gasteiger partial charge in [-0.2, -0.15) is 5.10 Å². The third-order valence-corrected chi connectivity index (χ3v) is 6.96. The van der Waals surface area contributed by atoms with Crippen LogP contribution in [0.25, 0.3) is 0 Å². The monoisotopic (exact) mass is 658 g/mol. The lowest BCUT2D eigenvalue weighted by Crippen LogP contribution is -2.45. The molecule has 236 valence electrons. The van der Waals surface area contributed by atoms with Crippen molar-refractivity contribution in [2.24, 2.45) is 5.10 Å². The van der Waals surface area contributed by atoms with E-state index in [1.165, 1.54) is 31.5 Å². The lowest BCUT2D eigenvalue weighted by molar-refractivity contribution is -0.139. The van der Waals surface area contributed by atoms with Crippen LogP contribution in [0.3, 0.4) is 0 Å². The second-order valence-corrected chi connectivity index (χ2v) is 10.3.